The molecule has 0 bridgehead atoms. The smallest absolute Gasteiger partial charge is 0.127 e. The van der Waals surface area contributed by atoms with Crippen LogP contribution in [0.25, 0.3) is 0 Å². The first-order valence-corrected chi connectivity index (χ1v) is 4.52. The monoisotopic (exact) mass is 228 g/mol. The lowest BCUT2D eigenvalue weighted by Gasteiger charge is -2.07. The van der Waals surface area contributed by atoms with Gasteiger partial charge in [-0.3, -0.25) is 0 Å². The first-order chi connectivity index (χ1) is 5.65. The number of halogens is 2. The van der Waals surface area contributed by atoms with Crippen molar-refractivity contribution in [2.45, 2.75) is 12.8 Å². The molecule has 0 aliphatic heterocycles. The van der Waals surface area contributed by atoms with E-state index in [0.29, 0.717) is 5.56 Å². The van der Waals surface area contributed by atoms with E-state index in [1.54, 1.807) is 18.2 Å². The molecular weight excluding hydrogens is 219 g/mol. The average molecular weight is 229 g/mol. The van der Waals surface area contributed by atoms with Crippen molar-refractivity contribution in [3.8, 4) is 0 Å². The fourth-order valence-electron chi connectivity index (χ4n) is 0.991. The molecule has 1 aromatic carbocycles. The summed E-state index contributed by atoms with van der Waals surface area (Å²) in [5, 5.41) is 0. The van der Waals surface area contributed by atoms with Gasteiger partial charge in [0.2, 0.25) is 0 Å². The summed E-state index contributed by atoms with van der Waals surface area (Å²) in [4.78, 5) is 0. The molecule has 0 fully saturated rings. The molecule has 1 aromatic rings. The van der Waals surface area contributed by atoms with Gasteiger partial charge in [-0.15, -0.1) is 6.58 Å². The number of allylic oxidation sites excluding steroid dienone is 1. The summed E-state index contributed by atoms with van der Waals surface area (Å²) in [7, 11) is 0. The molecule has 0 aliphatic carbocycles. The van der Waals surface area contributed by atoms with Crippen LogP contribution in [0.5, 0.6) is 0 Å². The second kappa shape index (κ2) is 3.85. The first-order valence-electron chi connectivity index (χ1n) is 3.72. The van der Waals surface area contributed by atoms with Gasteiger partial charge in [0.05, 0.1) is 0 Å². The molecule has 64 valence electrons. The topological polar surface area (TPSA) is 0 Å². The van der Waals surface area contributed by atoms with Gasteiger partial charge >= 0.3 is 0 Å². The van der Waals surface area contributed by atoms with E-state index in [4.69, 9.17) is 0 Å². The molecule has 0 heterocycles. The molecule has 0 saturated heterocycles. The van der Waals surface area contributed by atoms with Crippen molar-refractivity contribution in [2.24, 2.45) is 0 Å². The molecule has 0 radical (unpaired) electrons. The maximum Gasteiger partial charge on any atom is 0.127 e. The first kappa shape index (κ1) is 9.46. The fourth-order valence-corrected chi connectivity index (χ4v) is 1.37. The van der Waals surface area contributed by atoms with E-state index >= 15 is 0 Å². The fraction of sp³-hybridized carbons (Fsp3) is 0.200. The molecule has 0 amide bonds. The van der Waals surface area contributed by atoms with E-state index in [1.165, 1.54) is 6.07 Å². The molecule has 12 heavy (non-hydrogen) atoms. The van der Waals surface area contributed by atoms with Crippen LogP contribution >= 0.6 is 15.9 Å². The molecule has 0 saturated carbocycles. The van der Waals surface area contributed by atoms with Crippen LogP contribution in [-0.2, 0) is 0 Å². The van der Waals surface area contributed by atoms with Crippen LogP contribution in [0.4, 0.5) is 4.39 Å². The Kier molecular flexibility index (Phi) is 3.04. The molecule has 1 atom stereocenters. The summed E-state index contributed by atoms with van der Waals surface area (Å²) in [6.07, 6.45) is 1.73. The molecule has 2 heteroatoms. The van der Waals surface area contributed by atoms with Gasteiger partial charge in [0.15, 0.2) is 0 Å². The van der Waals surface area contributed by atoms with E-state index in [2.05, 4.69) is 22.5 Å². The quantitative estimate of drug-likeness (QED) is 0.675. The normalized spacial score (nSPS) is 12.6. The molecule has 0 spiro atoms. The maximum atomic E-state index is 13.1. The van der Waals surface area contributed by atoms with Crippen molar-refractivity contribution in [3.63, 3.8) is 0 Å². The molecule has 0 N–H and O–H groups in total. The predicted octanol–water partition coefficient (Wildman–Crippen LogP) is 3.88. The van der Waals surface area contributed by atoms with Gasteiger partial charge in [0.1, 0.15) is 5.82 Å². The predicted molar refractivity (Wildman–Crippen MR) is 52.7 cm³/mol. The van der Waals surface area contributed by atoms with Crippen LogP contribution in [-0.4, -0.2) is 0 Å². The van der Waals surface area contributed by atoms with E-state index in [-0.39, 0.29) is 11.7 Å². The summed E-state index contributed by atoms with van der Waals surface area (Å²) >= 11 is 3.29. The number of hydrogen-bond donors (Lipinski definition) is 0. The molecular formula is C10H10BrF. The zero-order valence-corrected chi connectivity index (χ0v) is 8.44. The molecule has 0 aromatic heterocycles. The lowest BCUT2D eigenvalue weighted by molar-refractivity contribution is 0.605. The zero-order valence-electron chi connectivity index (χ0n) is 6.85. The molecule has 0 aliphatic rings. The van der Waals surface area contributed by atoms with Gasteiger partial charge in [-0.25, -0.2) is 4.39 Å². The highest BCUT2D eigenvalue weighted by atomic mass is 79.9. The Hall–Kier alpha value is -0.630. The van der Waals surface area contributed by atoms with Crippen molar-refractivity contribution in [3.05, 3.63) is 46.7 Å². The lowest BCUT2D eigenvalue weighted by atomic mass is 10.0. The molecule has 0 nitrogen and oxygen atoms in total. The van der Waals surface area contributed by atoms with Crippen LogP contribution in [0.15, 0.2) is 35.3 Å². The van der Waals surface area contributed by atoms with Crippen molar-refractivity contribution in [1.82, 2.24) is 0 Å². The van der Waals surface area contributed by atoms with Crippen LogP contribution in [0, 0.1) is 5.82 Å². The van der Waals surface area contributed by atoms with Gasteiger partial charge in [-0.05, 0) is 23.8 Å². The lowest BCUT2D eigenvalue weighted by Crippen LogP contribution is -1.93. The Morgan fingerprint density at radius 1 is 1.58 bits per heavy atom. The average Bonchev–Trinajstić information content (AvgIpc) is 2.08. The Morgan fingerprint density at radius 3 is 2.83 bits per heavy atom. The highest BCUT2D eigenvalue weighted by Gasteiger charge is 2.07. The Bertz CT molecular complexity index is 294. The maximum absolute atomic E-state index is 13.1. The van der Waals surface area contributed by atoms with E-state index in [9.17, 15) is 4.39 Å². The second-order valence-electron chi connectivity index (χ2n) is 2.69. The summed E-state index contributed by atoms with van der Waals surface area (Å²) in [5.74, 6) is -0.117. The van der Waals surface area contributed by atoms with Crippen molar-refractivity contribution < 1.29 is 4.39 Å². The summed E-state index contributed by atoms with van der Waals surface area (Å²) in [6, 6.07) is 4.93. The third kappa shape index (κ3) is 1.95. The largest absolute Gasteiger partial charge is 0.207 e. The van der Waals surface area contributed by atoms with Crippen LogP contribution in [0.3, 0.4) is 0 Å². The van der Waals surface area contributed by atoms with Crippen molar-refractivity contribution >= 4 is 15.9 Å². The van der Waals surface area contributed by atoms with E-state index in [1.807, 2.05) is 6.92 Å². The summed E-state index contributed by atoms with van der Waals surface area (Å²) < 4.78 is 14.0. The Labute approximate surface area is 80.2 Å². The van der Waals surface area contributed by atoms with Gasteiger partial charge < -0.3 is 0 Å². The standard InChI is InChI=1S/C10H10BrF/c1-3-7(2)9-6-8(11)4-5-10(9)12/h3-7H,1H2,2H3. The number of benzene rings is 1. The second-order valence-corrected chi connectivity index (χ2v) is 3.61. The zero-order chi connectivity index (χ0) is 9.14. The molecule has 1 rings (SSSR count). The SMILES string of the molecule is C=CC(C)c1cc(Br)ccc1F. The van der Waals surface area contributed by atoms with Crippen molar-refractivity contribution in [2.75, 3.05) is 0 Å². The Morgan fingerprint density at radius 2 is 2.25 bits per heavy atom. The Balaban J connectivity index is 3.12. The third-order valence-corrected chi connectivity index (χ3v) is 2.30. The minimum Gasteiger partial charge on any atom is -0.207 e. The highest BCUT2D eigenvalue weighted by molar-refractivity contribution is 9.10. The van der Waals surface area contributed by atoms with Crippen molar-refractivity contribution in [1.29, 1.82) is 0 Å². The third-order valence-electron chi connectivity index (χ3n) is 1.80. The van der Waals surface area contributed by atoms with Gasteiger partial charge in [0.25, 0.3) is 0 Å². The minimum atomic E-state index is -0.175. The summed E-state index contributed by atoms with van der Waals surface area (Å²) in [5.41, 5.74) is 0.680. The van der Waals surface area contributed by atoms with E-state index in [0.717, 1.165) is 4.47 Å². The number of rotatable bonds is 2. The van der Waals surface area contributed by atoms with E-state index < -0.39 is 0 Å². The van der Waals surface area contributed by atoms with Crippen LogP contribution in [0.2, 0.25) is 0 Å². The van der Waals surface area contributed by atoms with Crippen LogP contribution < -0.4 is 0 Å². The minimum absolute atomic E-state index is 0.0579. The highest BCUT2D eigenvalue weighted by Crippen LogP contribution is 2.23. The van der Waals surface area contributed by atoms with Gasteiger partial charge in [-0.2, -0.15) is 0 Å². The van der Waals surface area contributed by atoms with Crippen LogP contribution in [0.1, 0.15) is 18.4 Å². The molecule has 1 unspecified atom stereocenters. The van der Waals surface area contributed by atoms with Gasteiger partial charge in [0, 0.05) is 10.4 Å². The number of hydrogen-bond acceptors (Lipinski definition) is 0. The summed E-state index contributed by atoms with van der Waals surface area (Å²) in [6.45, 7) is 5.54. The van der Waals surface area contributed by atoms with Gasteiger partial charge in [-0.1, -0.05) is 28.9 Å².